The SMILES string of the molecule is CC(Oc1ccc2ccccc2c1)C(=O)Nc1cc(Cl)cc(Cl)c1. The van der Waals surface area contributed by atoms with E-state index in [-0.39, 0.29) is 5.91 Å². The molecule has 1 N–H and O–H groups in total. The summed E-state index contributed by atoms with van der Waals surface area (Å²) in [4.78, 5) is 12.3. The van der Waals surface area contributed by atoms with Gasteiger partial charge in [-0.2, -0.15) is 0 Å². The van der Waals surface area contributed by atoms with Crippen LogP contribution in [0.5, 0.6) is 5.75 Å². The summed E-state index contributed by atoms with van der Waals surface area (Å²) in [6.45, 7) is 1.69. The van der Waals surface area contributed by atoms with Crippen LogP contribution in [0.4, 0.5) is 5.69 Å². The molecule has 0 radical (unpaired) electrons. The predicted molar refractivity (Wildman–Crippen MR) is 99.1 cm³/mol. The minimum atomic E-state index is -0.663. The molecule has 3 aromatic rings. The smallest absolute Gasteiger partial charge is 0.265 e. The van der Waals surface area contributed by atoms with Gasteiger partial charge in [0.15, 0.2) is 6.10 Å². The van der Waals surface area contributed by atoms with Gasteiger partial charge >= 0.3 is 0 Å². The molecule has 1 amide bonds. The Labute approximate surface area is 150 Å². The molecule has 0 aromatic heterocycles. The predicted octanol–water partition coefficient (Wildman–Crippen LogP) is 5.55. The van der Waals surface area contributed by atoms with Crippen molar-refractivity contribution in [1.82, 2.24) is 0 Å². The van der Waals surface area contributed by atoms with E-state index in [1.54, 1.807) is 25.1 Å². The maximum absolute atomic E-state index is 12.3. The molecule has 0 bridgehead atoms. The number of carbonyl (C=O) groups is 1. The molecule has 0 aliphatic rings. The molecule has 122 valence electrons. The molecular formula is C19H15Cl2NO2. The van der Waals surface area contributed by atoms with Crippen LogP contribution >= 0.6 is 23.2 Å². The number of carbonyl (C=O) groups excluding carboxylic acids is 1. The summed E-state index contributed by atoms with van der Waals surface area (Å²) in [5, 5.41) is 5.85. The van der Waals surface area contributed by atoms with Crippen molar-refractivity contribution < 1.29 is 9.53 Å². The van der Waals surface area contributed by atoms with Crippen LogP contribution in [0.15, 0.2) is 60.7 Å². The third-order valence-electron chi connectivity index (χ3n) is 3.53. The fourth-order valence-electron chi connectivity index (χ4n) is 2.37. The Morgan fingerprint density at radius 3 is 2.33 bits per heavy atom. The number of hydrogen-bond donors (Lipinski definition) is 1. The Hall–Kier alpha value is -2.23. The standard InChI is InChI=1S/C19H15Cl2NO2/c1-12(19(23)22-17-10-15(20)9-16(21)11-17)24-18-7-6-13-4-2-3-5-14(13)8-18/h2-12H,1H3,(H,22,23). The van der Waals surface area contributed by atoms with Gasteiger partial charge in [0.25, 0.3) is 5.91 Å². The van der Waals surface area contributed by atoms with E-state index in [4.69, 9.17) is 27.9 Å². The van der Waals surface area contributed by atoms with Gasteiger partial charge in [-0.1, -0.05) is 53.5 Å². The van der Waals surface area contributed by atoms with Crippen molar-refractivity contribution in [2.75, 3.05) is 5.32 Å². The fraction of sp³-hybridized carbons (Fsp3) is 0.105. The summed E-state index contributed by atoms with van der Waals surface area (Å²) in [5.74, 6) is 0.363. The number of rotatable bonds is 4. The second-order valence-electron chi connectivity index (χ2n) is 5.42. The summed E-state index contributed by atoms with van der Waals surface area (Å²) >= 11 is 11.9. The number of nitrogens with one attached hydrogen (secondary N) is 1. The molecule has 24 heavy (non-hydrogen) atoms. The van der Waals surface area contributed by atoms with Gasteiger partial charge in [-0.25, -0.2) is 0 Å². The quantitative estimate of drug-likeness (QED) is 0.662. The number of halogens is 2. The van der Waals surface area contributed by atoms with Crippen molar-refractivity contribution in [3.8, 4) is 5.75 Å². The van der Waals surface area contributed by atoms with Crippen LogP contribution in [0.3, 0.4) is 0 Å². The highest BCUT2D eigenvalue weighted by atomic mass is 35.5. The highest BCUT2D eigenvalue weighted by Crippen LogP contribution is 2.24. The van der Waals surface area contributed by atoms with Crippen LogP contribution in [0.1, 0.15) is 6.92 Å². The second kappa shape index (κ2) is 7.12. The van der Waals surface area contributed by atoms with Crippen molar-refractivity contribution in [1.29, 1.82) is 0 Å². The van der Waals surface area contributed by atoms with E-state index in [1.807, 2.05) is 42.5 Å². The van der Waals surface area contributed by atoms with Crippen LogP contribution < -0.4 is 10.1 Å². The first kappa shape index (κ1) is 16.6. The highest BCUT2D eigenvalue weighted by molar-refractivity contribution is 6.35. The molecule has 0 aliphatic heterocycles. The first-order valence-electron chi connectivity index (χ1n) is 7.44. The van der Waals surface area contributed by atoms with E-state index in [9.17, 15) is 4.79 Å². The van der Waals surface area contributed by atoms with Crippen molar-refractivity contribution in [2.24, 2.45) is 0 Å². The summed E-state index contributed by atoms with van der Waals surface area (Å²) in [7, 11) is 0. The lowest BCUT2D eigenvalue weighted by Gasteiger charge is -2.15. The average Bonchev–Trinajstić information content (AvgIpc) is 2.53. The average molecular weight is 360 g/mol. The molecule has 3 rings (SSSR count). The maximum Gasteiger partial charge on any atom is 0.265 e. The molecule has 5 heteroatoms. The molecule has 1 unspecified atom stereocenters. The van der Waals surface area contributed by atoms with Gasteiger partial charge in [0, 0.05) is 15.7 Å². The van der Waals surface area contributed by atoms with Gasteiger partial charge in [0.05, 0.1) is 0 Å². The van der Waals surface area contributed by atoms with Crippen molar-refractivity contribution in [3.05, 3.63) is 70.7 Å². The summed E-state index contributed by atoms with van der Waals surface area (Å²) in [5.41, 5.74) is 0.534. The Morgan fingerprint density at radius 2 is 1.62 bits per heavy atom. The van der Waals surface area contributed by atoms with Crippen molar-refractivity contribution in [3.63, 3.8) is 0 Å². The molecule has 1 atom stereocenters. The minimum absolute atomic E-state index is 0.276. The zero-order chi connectivity index (χ0) is 17.1. The zero-order valence-corrected chi connectivity index (χ0v) is 14.4. The van der Waals surface area contributed by atoms with Crippen molar-refractivity contribution in [2.45, 2.75) is 13.0 Å². The Bertz CT molecular complexity index is 875. The lowest BCUT2D eigenvalue weighted by molar-refractivity contribution is -0.122. The number of benzene rings is 3. The molecule has 0 spiro atoms. The molecular weight excluding hydrogens is 345 g/mol. The van der Waals surface area contributed by atoms with E-state index in [2.05, 4.69) is 5.32 Å². The lowest BCUT2D eigenvalue weighted by atomic mass is 10.1. The number of amides is 1. The normalized spacial score (nSPS) is 12.0. The number of anilines is 1. The summed E-state index contributed by atoms with van der Waals surface area (Å²) < 4.78 is 5.74. The topological polar surface area (TPSA) is 38.3 Å². The van der Waals surface area contributed by atoms with Gasteiger partial charge in [-0.3, -0.25) is 4.79 Å². The van der Waals surface area contributed by atoms with E-state index in [1.165, 1.54) is 0 Å². The van der Waals surface area contributed by atoms with E-state index in [0.717, 1.165) is 10.8 Å². The van der Waals surface area contributed by atoms with Gasteiger partial charge in [-0.05, 0) is 48.0 Å². The Morgan fingerprint density at radius 1 is 0.958 bits per heavy atom. The minimum Gasteiger partial charge on any atom is -0.481 e. The molecule has 0 saturated carbocycles. The molecule has 3 nitrogen and oxygen atoms in total. The zero-order valence-electron chi connectivity index (χ0n) is 12.9. The van der Waals surface area contributed by atoms with Crippen molar-refractivity contribution >= 4 is 45.6 Å². The van der Waals surface area contributed by atoms with E-state index >= 15 is 0 Å². The van der Waals surface area contributed by atoms with Crippen LogP contribution in [-0.4, -0.2) is 12.0 Å². The number of hydrogen-bond acceptors (Lipinski definition) is 2. The molecule has 0 aliphatic carbocycles. The number of fused-ring (bicyclic) bond motifs is 1. The second-order valence-corrected chi connectivity index (χ2v) is 6.29. The fourth-order valence-corrected chi connectivity index (χ4v) is 2.89. The van der Waals surface area contributed by atoms with Gasteiger partial charge in [0.1, 0.15) is 5.75 Å². The van der Waals surface area contributed by atoms with Crippen LogP contribution in [0.25, 0.3) is 10.8 Å². The first-order valence-corrected chi connectivity index (χ1v) is 8.19. The van der Waals surface area contributed by atoms with Crippen LogP contribution in [0, 0.1) is 0 Å². The maximum atomic E-state index is 12.3. The van der Waals surface area contributed by atoms with Crippen LogP contribution in [-0.2, 0) is 4.79 Å². The van der Waals surface area contributed by atoms with Crippen LogP contribution in [0.2, 0.25) is 10.0 Å². The third kappa shape index (κ3) is 3.99. The third-order valence-corrected chi connectivity index (χ3v) is 3.97. The van der Waals surface area contributed by atoms with E-state index in [0.29, 0.717) is 21.5 Å². The highest BCUT2D eigenvalue weighted by Gasteiger charge is 2.15. The summed E-state index contributed by atoms with van der Waals surface area (Å²) in [6, 6.07) is 18.6. The molecule has 3 aromatic carbocycles. The largest absolute Gasteiger partial charge is 0.481 e. The first-order chi connectivity index (χ1) is 11.5. The molecule has 0 fully saturated rings. The molecule has 0 heterocycles. The molecule has 0 saturated heterocycles. The van der Waals surface area contributed by atoms with Gasteiger partial charge in [0.2, 0.25) is 0 Å². The number of ether oxygens (including phenoxy) is 1. The monoisotopic (exact) mass is 359 g/mol. The van der Waals surface area contributed by atoms with Gasteiger partial charge in [-0.15, -0.1) is 0 Å². The Kier molecular flexibility index (Phi) is 4.93. The van der Waals surface area contributed by atoms with E-state index < -0.39 is 6.10 Å². The summed E-state index contributed by atoms with van der Waals surface area (Å²) in [6.07, 6.45) is -0.663. The lowest BCUT2D eigenvalue weighted by Crippen LogP contribution is -2.30. The van der Waals surface area contributed by atoms with Gasteiger partial charge < -0.3 is 10.1 Å². The Balaban J connectivity index is 1.70.